The van der Waals surface area contributed by atoms with E-state index in [2.05, 4.69) is 15.7 Å². The van der Waals surface area contributed by atoms with Gasteiger partial charge in [0, 0.05) is 26.3 Å². The van der Waals surface area contributed by atoms with Crippen molar-refractivity contribution in [2.24, 2.45) is 0 Å². The van der Waals surface area contributed by atoms with Crippen LogP contribution in [0.5, 0.6) is 0 Å². The van der Waals surface area contributed by atoms with Crippen molar-refractivity contribution in [3.63, 3.8) is 0 Å². The van der Waals surface area contributed by atoms with Crippen LogP contribution >= 0.6 is 0 Å². The third kappa shape index (κ3) is 3.62. The Morgan fingerprint density at radius 1 is 1.23 bits per heavy atom. The van der Waals surface area contributed by atoms with Crippen molar-refractivity contribution >= 4 is 11.8 Å². The first-order valence-corrected chi connectivity index (χ1v) is 8.73. The first-order chi connectivity index (χ1) is 12.5. The van der Waals surface area contributed by atoms with Gasteiger partial charge >= 0.3 is 0 Å². The molecule has 7 heteroatoms. The number of carbonyl (C=O) groups is 2. The molecule has 1 atom stereocenters. The molecule has 1 aromatic heterocycles. The van der Waals surface area contributed by atoms with Gasteiger partial charge in [0.05, 0.1) is 12.1 Å². The largest absolute Gasteiger partial charge is 0.381 e. The Labute approximate surface area is 152 Å². The highest BCUT2D eigenvalue weighted by molar-refractivity contribution is 5.98. The standard InChI is InChI=1S/C19H24N4O3/c1-12(13-7-5-4-6-8-13)23-17(11-16(22-23)18(24)20-2)19(25)21-14-9-15(10-14)26-3/h4-8,11-12,14-15H,9-10H2,1-3H3,(H,20,24)(H,21,25). The van der Waals surface area contributed by atoms with Gasteiger partial charge in [-0.25, -0.2) is 0 Å². The number of aromatic nitrogens is 2. The van der Waals surface area contributed by atoms with Crippen LogP contribution in [0.25, 0.3) is 0 Å². The molecule has 1 saturated carbocycles. The quantitative estimate of drug-likeness (QED) is 0.826. The minimum atomic E-state index is -0.318. The highest BCUT2D eigenvalue weighted by atomic mass is 16.5. The summed E-state index contributed by atoms with van der Waals surface area (Å²) in [5, 5.41) is 9.94. The first kappa shape index (κ1) is 18.1. The van der Waals surface area contributed by atoms with E-state index in [9.17, 15) is 9.59 Å². The number of nitrogens with one attached hydrogen (secondary N) is 2. The number of methoxy groups -OCH3 is 1. The zero-order valence-corrected chi connectivity index (χ0v) is 15.2. The number of benzene rings is 1. The van der Waals surface area contributed by atoms with Crippen LogP contribution in [0.3, 0.4) is 0 Å². The van der Waals surface area contributed by atoms with Gasteiger partial charge in [-0.2, -0.15) is 5.10 Å². The van der Waals surface area contributed by atoms with E-state index in [1.165, 1.54) is 0 Å². The first-order valence-electron chi connectivity index (χ1n) is 8.73. The Bertz CT molecular complexity index is 781. The lowest BCUT2D eigenvalue weighted by atomic mass is 9.89. The molecule has 1 unspecified atom stereocenters. The lowest BCUT2D eigenvalue weighted by molar-refractivity contribution is 0.0174. The fourth-order valence-corrected chi connectivity index (χ4v) is 3.11. The van der Waals surface area contributed by atoms with Crippen molar-refractivity contribution in [2.75, 3.05) is 14.2 Å². The van der Waals surface area contributed by atoms with E-state index in [1.807, 2.05) is 37.3 Å². The number of hydrogen-bond acceptors (Lipinski definition) is 4. The molecule has 0 spiro atoms. The molecule has 1 aliphatic carbocycles. The smallest absolute Gasteiger partial charge is 0.271 e. The maximum Gasteiger partial charge on any atom is 0.271 e. The highest BCUT2D eigenvalue weighted by Crippen LogP contribution is 2.24. The van der Waals surface area contributed by atoms with Crippen LogP contribution in [-0.2, 0) is 4.74 Å². The summed E-state index contributed by atoms with van der Waals surface area (Å²) in [5.41, 5.74) is 1.61. The molecule has 26 heavy (non-hydrogen) atoms. The molecular formula is C19H24N4O3. The average Bonchev–Trinajstić information content (AvgIpc) is 3.09. The molecule has 1 aliphatic rings. The lowest BCUT2D eigenvalue weighted by Crippen LogP contribution is -2.47. The Balaban J connectivity index is 1.86. The van der Waals surface area contributed by atoms with Gasteiger partial charge in [0.25, 0.3) is 11.8 Å². The predicted molar refractivity (Wildman–Crippen MR) is 97.2 cm³/mol. The lowest BCUT2D eigenvalue weighted by Gasteiger charge is -2.34. The van der Waals surface area contributed by atoms with Crippen LogP contribution in [0.2, 0.25) is 0 Å². The summed E-state index contributed by atoms with van der Waals surface area (Å²) in [7, 11) is 3.22. The number of ether oxygens (including phenoxy) is 1. The van der Waals surface area contributed by atoms with Gasteiger partial charge in [-0.1, -0.05) is 30.3 Å². The van der Waals surface area contributed by atoms with Crippen molar-refractivity contribution in [2.45, 2.75) is 38.0 Å². The van der Waals surface area contributed by atoms with E-state index in [4.69, 9.17) is 4.74 Å². The fourth-order valence-electron chi connectivity index (χ4n) is 3.11. The minimum absolute atomic E-state index is 0.0892. The van der Waals surface area contributed by atoms with Crippen molar-refractivity contribution < 1.29 is 14.3 Å². The van der Waals surface area contributed by atoms with Gasteiger partial charge < -0.3 is 15.4 Å². The molecule has 7 nitrogen and oxygen atoms in total. The van der Waals surface area contributed by atoms with Gasteiger partial charge in [-0.15, -0.1) is 0 Å². The number of carbonyl (C=O) groups excluding carboxylic acids is 2. The maximum absolute atomic E-state index is 12.8. The predicted octanol–water partition coefficient (Wildman–Crippen LogP) is 1.76. The van der Waals surface area contributed by atoms with Gasteiger partial charge in [-0.05, 0) is 25.3 Å². The zero-order valence-electron chi connectivity index (χ0n) is 15.2. The molecule has 0 bridgehead atoms. The zero-order chi connectivity index (χ0) is 18.7. The monoisotopic (exact) mass is 356 g/mol. The fraction of sp³-hybridized carbons (Fsp3) is 0.421. The molecule has 0 radical (unpaired) electrons. The van der Waals surface area contributed by atoms with Gasteiger partial charge in [0.2, 0.25) is 0 Å². The molecule has 1 heterocycles. The topological polar surface area (TPSA) is 85.3 Å². The second-order valence-electron chi connectivity index (χ2n) is 6.52. The van der Waals surface area contributed by atoms with Crippen molar-refractivity contribution in [3.05, 3.63) is 53.3 Å². The average molecular weight is 356 g/mol. The van der Waals surface area contributed by atoms with E-state index in [0.29, 0.717) is 5.69 Å². The minimum Gasteiger partial charge on any atom is -0.381 e. The molecular weight excluding hydrogens is 332 g/mol. The molecule has 3 rings (SSSR count). The highest BCUT2D eigenvalue weighted by Gasteiger charge is 2.32. The Morgan fingerprint density at radius 3 is 2.54 bits per heavy atom. The molecule has 2 amide bonds. The van der Waals surface area contributed by atoms with Crippen molar-refractivity contribution in [1.29, 1.82) is 0 Å². The van der Waals surface area contributed by atoms with E-state index in [0.717, 1.165) is 18.4 Å². The second-order valence-corrected chi connectivity index (χ2v) is 6.52. The maximum atomic E-state index is 12.8. The summed E-state index contributed by atoms with van der Waals surface area (Å²) in [6, 6.07) is 11.2. The van der Waals surface area contributed by atoms with Crippen LogP contribution < -0.4 is 10.6 Å². The molecule has 0 saturated heterocycles. The molecule has 2 N–H and O–H groups in total. The van der Waals surface area contributed by atoms with Crippen molar-refractivity contribution in [1.82, 2.24) is 20.4 Å². The van der Waals surface area contributed by atoms with Crippen LogP contribution in [0.15, 0.2) is 36.4 Å². The van der Waals surface area contributed by atoms with Gasteiger partial charge in [0.15, 0.2) is 5.69 Å². The summed E-state index contributed by atoms with van der Waals surface area (Å²) in [5.74, 6) is -0.545. The van der Waals surface area contributed by atoms with Crippen molar-refractivity contribution in [3.8, 4) is 0 Å². The second kappa shape index (κ2) is 7.70. The number of nitrogens with zero attached hydrogens (tertiary/aromatic N) is 2. The SMILES string of the molecule is CNC(=O)c1cc(C(=O)NC2CC(OC)C2)n(C(C)c2ccccc2)n1. The Kier molecular flexibility index (Phi) is 5.37. The Morgan fingerprint density at radius 2 is 1.92 bits per heavy atom. The molecule has 0 aliphatic heterocycles. The number of amides is 2. The Hall–Kier alpha value is -2.67. The molecule has 138 valence electrons. The summed E-state index contributed by atoms with van der Waals surface area (Å²) >= 11 is 0. The third-order valence-corrected chi connectivity index (χ3v) is 4.84. The van der Waals surface area contributed by atoms with Crippen LogP contribution in [0.4, 0.5) is 0 Å². The van der Waals surface area contributed by atoms with Gasteiger partial charge in [0.1, 0.15) is 5.69 Å². The third-order valence-electron chi connectivity index (χ3n) is 4.84. The molecule has 1 aromatic carbocycles. The summed E-state index contributed by atoms with van der Waals surface area (Å²) < 4.78 is 6.86. The molecule has 1 fully saturated rings. The number of rotatable bonds is 6. The van der Waals surface area contributed by atoms with Gasteiger partial charge in [-0.3, -0.25) is 14.3 Å². The van der Waals surface area contributed by atoms with E-state index in [-0.39, 0.29) is 35.7 Å². The van der Waals surface area contributed by atoms with E-state index >= 15 is 0 Å². The van der Waals surface area contributed by atoms with Crippen LogP contribution in [-0.4, -0.2) is 47.9 Å². The van der Waals surface area contributed by atoms with E-state index in [1.54, 1.807) is 24.9 Å². The summed E-state index contributed by atoms with van der Waals surface area (Å²) in [4.78, 5) is 24.8. The normalized spacial score (nSPS) is 20.1. The van der Waals surface area contributed by atoms with Crippen LogP contribution in [0, 0.1) is 0 Å². The molecule has 2 aromatic rings. The van der Waals surface area contributed by atoms with E-state index < -0.39 is 0 Å². The summed E-state index contributed by atoms with van der Waals surface area (Å²) in [6.07, 6.45) is 1.80. The summed E-state index contributed by atoms with van der Waals surface area (Å²) in [6.45, 7) is 1.96. The number of hydrogen-bond donors (Lipinski definition) is 2. The van der Waals surface area contributed by atoms with Crippen LogP contribution in [0.1, 0.15) is 52.3 Å².